The van der Waals surface area contributed by atoms with E-state index in [2.05, 4.69) is 36.6 Å². The highest BCUT2D eigenvalue weighted by Gasteiger charge is 2.09. The number of carbonyl (C=O) groups excluding carboxylic acids is 1. The molecule has 0 radical (unpaired) electrons. The van der Waals surface area contributed by atoms with Gasteiger partial charge in [0, 0.05) is 23.9 Å². The molecule has 150 valence electrons. The van der Waals surface area contributed by atoms with E-state index in [1.165, 1.54) is 5.56 Å². The van der Waals surface area contributed by atoms with Crippen LogP contribution in [0.4, 0.5) is 11.4 Å². The van der Waals surface area contributed by atoms with Gasteiger partial charge in [-0.25, -0.2) is 0 Å². The third-order valence-corrected chi connectivity index (χ3v) is 4.65. The van der Waals surface area contributed by atoms with Crippen LogP contribution in [0.5, 0.6) is 5.75 Å². The lowest BCUT2D eigenvalue weighted by Crippen LogP contribution is -2.22. The van der Waals surface area contributed by atoms with Crippen LogP contribution in [-0.2, 0) is 11.2 Å². The van der Waals surface area contributed by atoms with Gasteiger partial charge >= 0.3 is 0 Å². The Balaban J connectivity index is 1.49. The van der Waals surface area contributed by atoms with Gasteiger partial charge in [0.05, 0.1) is 13.2 Å². The van der Waals surface area contributed by atoms with E-state index in [0.29, 0.717) is 12.5 Å². The number of anilines is 2. The number of ether oxygens (including phenoxy) is 1. The van der Waals surface area contributed by atoms with Crippen LogP contribution in [0.25, 0.3) is 0 Å². The van der Waals surface area contributed by atoms with Gasteiger partial charge in [-0.05, 0) is 35.2 Å². The molecule has 1 amide bonds. The van der Waals surface area contributed by atoms with Crippen LogP contribution < -0.4 is 15.4 Å². The van der Waals surface area contributed by atoms with Crippen LogP contribution in [0.2, 0.25) is 0 Å². The molecule has 0 aliphatic rings. The van der Waals surface area contributed by atoms with Crippen LogP contribution in [0.3, 0.4) is 0 Å². The summed E-state index contributed by atoms with van der Waals surface area (Å²) in [6.45, 7) is 5.04. The van der Waals surface area contributed by atoms with Gasteiger partial charge in [-0.3, -0.25) is 4.79 Å². The van der Waals surface area contributed by atoms with Gasteiger partial charge in [-0.2, -0.15) is 0 Å². The molecule has 0 saturated carbocycles. The second kappa shape index (κ2) is 10.3. The second-order valence-corrected chi connectivity index (χ2v) is 7.26. The van der Waals surface area contributed by atoms with Crippen molar-refractivity contribution in [3.8, 4) is 5.75 Å². The Morgan fingerprint density at radius 3 is 2.48 bits per heavy atom. The molecule has 3 aromatic rings. The molecule has 0 aromatic heterocycles. The first kappa shape index (κ1) is 20.5. The fraction of sp³-hybridized carbons (Fsp3) is 0.240. The smallest absolute Gasteiger partial charge is 0.243 e. The summed E-state index contributed by atoms with van der Waals surface area (Å²) in [5.41, 5.74) is 4.11. The Kier molecular flexibility index (Phi) is 7.28. The summed E-state index contributed by atoms with van der Waals surface area (Å²) in [6, 6.07) is 25.9. The Bertz CT molecular complexity index is 923. The molecule has 3 aromatic carbocycles. The first-order chi connectivity index (χ1) is 14.1. The molecule has 3 rings (SSSR count). The summed E-state index contributed by atoms with van der Waals surface area (Å²) in [4.78, 5) is 12.4. The maximum atomic E-state index is 12.4. The maximum Gasteiger partial charge on any atom is 0.243 e. The van der Waals surface area contributed by atoms with E-state index >= 15 is 0 Å². The molecular weight excluding hydrogens is 360 g/mol. The fourth-order valence-electron chi connectivity index (χ4n) is 3.12. The van der Waals surface area contributed by atoms with Gasteiger partial charge in [0.15, 0.2) is 0 Å². The predicted octanol–water partition coefficient (Wildman–Crippen LogP) is 5.48. The van der Waals surface area contributed by atoms with Gasteiger partial charge in [-0.15, -0.1) is 0 Å². The van der Waals surface area contributed by atoms with E-state index in [0.717, 1.165) is 29.1 Å². The predicted molar refractivity (Wildman–Crippen MR) is 120 cm³/mol. The van der Waals surface area contributed by atoms with E-state index in [-0.39, 0.29) is 12.5 Å². The van der Waals surface area contributed by atoms with Crippen molar-refractivity contribution in [3.63, 3.8) is 0 Å². The molecule has 2 N–H and O–H groups in total. The first-order valence-corrected chi connectivity index (χ1v) is 10.0. The van der Waals surface area contributed by atoms with Crippen molar-refractivity contribution in [3.05, 3.63) is 90.0 Å². The van der Waals surface area contributed by atoms with Crippen molar-refractivity contribution in [1.29, 1.82) is 0 Å². The second-order valence-electron chi connectivity index (χ2n) is 7.26. The van der Waals surface area contributed by atoms with E-state index in [1.54, 1.807) is 0 Å². The Morgan fingerprint density at radius 1 is 0.931 bits per heavy atom. The van der Waals surface area contributed by atoms with Crippen molar-refractivity contribution in [2.24, 2.45) is 0 Å². The average Bonchev–Trinajstić information content (AvgIpc) is 2.74. The van der Waals surface area contributed by atoms with Crippen LogP contribution >= 0.6 is 0 Å². The number of amides is 1. The van der Waals surface area contributed by atoms with Gasteiger partial charge in [-0.1, -0.05) is 68.4 Å². The fourth-order valence-corrected chi connectivity index (χ4v) is 3.12. The zero-order valence-electron chi connectivity index (χ0n) is 17.0. The molecule has 0 unspecified atom stereocenters. The molecule has 0 aliphatic carbocycles. The highest BCUT2D eigenvalue weighted by atomic mass is 16.5. The first-order valence-electron chi connectivity index (χ1n) is 10.0. The number of carbonyl (C=O) groups is 1. The summed E-state index contributed by atoms with van der Waals surface area (Å²) in [5.74, 6) is 1.06. The van der Waals surface area contributed by atoms with Gasteiger partial charge < -0.3 is 15.4 Å². The van der Waals surface area contributed by atoms with E-state index < -0.39 is 0 Å². The molecule has 0 atom stereocenters. The molecule has 0 spiro atoms. The van der Waals surface area contributed by atoms with Gasteiger partial charge in [0.25, 0.3) is 0 Å². The number of nitrogens with one attached hydrogen (secondary N) is 2. The van der Waals surface area contributed by atoms with E-state index in [9.17, 15) is 4.79 Å². The minimum absolute atomic E-state index is 0.0755. The molecule has 0 saturated heterocycles. The third-order valence-electron chi connectivity index (χ3n) is 4.65. The number of hydrogen-bond acceptors (Lipinski definition) is 3. The van der Waals surface area contributed by atoms with Gasteiger partial charge in [0.1, 0.15) is 5.75 Å². The van der Waals surface area contributed by atoms with E-state index in [4.69, 9.17) is 4.74 Å². The highest BCUT2D eigenvalue weighted by molar-refractivity contribution is 5.94. The highest BCUT2D eigenvalue weighted by Crippen LogP contribution is 2.23. The molecule has 0 fully saturated rings. The van der Waals surface area contributed by atoms with Crippen LogP contribution in [0.15, 0.2) is 78.9 Å². The summed E-state index contributed by atoms with van der Waals surface area (Å²) < 4.78 is 5.85. The minimum atomic E-state index is -0.0755. The Morgan fingerprint density at radius 2 is 1.69 bits per heavy atom. The summed E-state index contributed by atoms with van der Waals surface area (Å²) in [5, 5.41) is 6.17. The SMILES string of the molecule is CC(C)c1ccccc1NC(=O)CNc1cccc(OCCc2ccccc2)c1. The average molecular weight is 389 g/mol. The van der Waals surface area contributed by atoms with Crippen LogP contribution in [-0.4, -0.2) is 19.1 Å². The monoisotopic (exact) mass is 388 g/mol. The maximum absolute atomic E-state index is 12.4. The largest absolute Gasteiger partial charge is 0.493 e. The summed E-state index contributed by atoms with van der Waals surface area (Å²) >= 11 is 0. The zero-order valence-corrected chi connectivity index (χ0v) is 17.0. The normalized spacial score (nSPS) is 10.6. The molecule has 0 heterocycles. The number of para-hydroxylation sites is 1. The molecule has 0 aliphatic heterocycles. The lowest BCUT2D eigenvalue weighted by Gasteiger charge is -2.14. The molecule has 4 nitrogen and oxygen atoms in total. The standard InChI is InChI=1S/C25H28N2O2/c1-19(2)23-13-6-7-14-24(23)27-25(28)18-26-21-11-8-12-22(17-21)29-16-15-20-9-4-3-5-10-20/h3-14,17,19,26H,15-16,18H2,1-2H3,(H,27,28). The zero-order chi connectivity index (χ0) is 20.5. The topological polar surface area (TPSA) is 50.4 Å². The van der Waals surface area contributed by atoms with Crippen molar-refractivity contribution >= 4 is 17.3 Å². The molecule has 4 heteroatoms. The number of benzene rings is 3. The quantitative estimate of drug-likeness (QED) is 0.510. The van der Waals surface area contributed by atoms with Crippen molar-refractivity contribution in [2.45, 2.75) is 26.2 Å². The molecule has 29 heavy (non-hydrogen) atoms. The lowest BCUT2D eigenvalue weighted by atomic mass is 10.0. The van der Waals surface area contributed by atoms with Crippen LogP contribution in [0.1, 0.15) is 30.9 Å². The van der Waals surface area contributed by atoms with Crippen molar-refractivity contribution in [1.82, 2.24) is 0 Å². The summed E-state index contributed by atoms with van der Waals surface area (Å²) in [7, 11) is 0. The molecule has 0 bridgehead atoms. The number of hydrogen-bond donors (Lipinski definition) is 2. The Hall–Kier alpha value is -3.27. The number of rotatable bonds is 9. The van der Waals surface area contributed by atoms with Crippen molar-refractivity contribution in [2.75, 3.05) is 23.8 Å². The van der Waals surface area contributed by atoms with E-state index in [1.807, 2.05) is 66.7 Å². The Labute approximate surface area is 172 Å². The van der Waals surface area contributed by atoms with Crippen LogP contribution in [0, 0.1) is 0 Å². The van der Waals surface area contributed by atoms with Gasteiger partial charge in [0.2, 0.25) is 5.91 Å². The third kappa shape index (κ3) is 6.39. The minimum Gasteiger partial charge on any atom is -0.493 e. The molecular formula is C25H28N2O2. The lowest BCUT2D eigenvalue weighted by molar-refractivity contribution is -0.114. The summed E-state index contributed by atoms with van der Waals surface area (Å²) in [6.07, 6.45) is 0.857. The van der Waals surface area contributed by atoms with Crippen molar-refractivity contribution < 1.29 is 9.53 Å².